The Balaban J connectivity index is 1.48. The Bertz CT molecular complexity index is 1210. The molecule has 1 aromatic carbocycles. The summed E-state index contributed by atoms with van der Waals surface area (Å²) in [7, 11) is 0. The molecule has 5 rings (SSSR count). The second kappa shape index (κ2) is 7.85. The molecule has 0 amide bonds. The number of halogens is 4. The number of thiocarbonyl (C=S) groups is 1. The van der Waals surface area contributed by atoms with Crippen molar-refractivity contribution in [3.63, 3.8) is 0 Å². The Morgan fingerprint density at radius 1 is 1.19 bits per heavy atom. The third kappa shape index (κ3) is 3.84. The molecule has 1 saturated carbocycles. The summed E-state index contributed by atoms with van der Waals surface area (Å²) < 4.78 is 57.0. The SMILES string of the molecule is O[C@H]1C[C@H](c2cc(F)ccc2F)N(c2ccn3nc(F)c(NC(=S)N[C@H]4C[C@H]4F)c3n2)C1. The fourth-order valence-corrected chi connectivity index (χ4v) is 4.18. The molecule has 0 spiro atoms. The van der Waals surface area contributed by atoms with Crippen LogP contribution < -0.4 is 15.5 Å². The van der Waals surface area contributed by atoms with Crippen molar-refractivity contribution in [1.29, 1.82) is 0 Å². The highest BCUT2D eigenvalue weighted by Crippen LogP contribution is 2.37. The number of rotatable bonds is 4. The lowest BCUT2D eigenvalue weighted by Crippen LogP contribution is -2.31. The van der Waals surface area contributed by atoms with Gasteiger partial charge in [-0.2, -0.15) is 4.39 Å². The maximum absolute atomic E-state index is 14.5. The molecule has 1 aliphatic carbocycles. The van der Waals surface area contributed by atoms with Crippen molar-refractivity contribution in [1.82, 2.24) is 19.9 Å². The van der Waals surface area contributed by atoms with Gasteiger partial charge in [-0.25, -0.2) is 22.7 Å². The normalized spacial score (nSPS) is 24.7. The Kier molecular flexibility index (Phi) is 5.13. The molecule has 1 aliphatic heterocycles. The van der Waals surface area contributed by atoms with Gasteiger partial charge in [-0.1, -0.05) is 0 Å². The van der Waals surface area contributed by atoms with Crippen LogP contribution in [0.2, 0.25) is 0 Å². The van der Waals surface area contributed by atoms with Gasteiger partial charge in [0, 0.05) is 24.7 Å². The average Bonchev–Trinajstić information content (AvgIpc) is 3.15. The van der Waals surface area contributed by atoms with Crippen LogP contribution in [0.25, 0.3) is 5.65 Å². The van der Waals surface area contributed by atoms with Crippen LogP contribution in [0.3, 0.4) is 0 Å². The predicted molar refractivity (Wildman–Crippen MR) is 113 cm³/mol. The van der Waals surface area contributed by atoms with E-state index in [0.717, 1.165) is 18.2 Å². The van der Waals surface area contributed by atoms with Crippen LogP contribution in [0.4, 0.5) is 29.1 Å². The number of hydrogen-bond donors (Lipinski definition) is 3. The van der Waals surface area contributed by atoms with Gasteiger partial charge in [-0.3, -0.25) is 0 Å². The van der Waals surface area contributed by atoms with Crippen molar-refractivity contribution in [3.8, 4) is 0 Å². The molecule has 0 radical (unpaired) electrons. The Labute approximate surface area is 185 Å². The van der Waals surface area contributed by atoms with Gasteiger partial charge in [0.1, 0.15) is 29.3 Å². The Morgan fingerprint density at radius 3 is 2.72 bits per heavy atom. The zero-order valence-corrected chi connectivity index (χ0v) is 17.3. The van der Waals surface area contributed by atoms with E-state index < -0.39 is 41.9 Å². The van der Waals surface area contributed by atoms with E-state index in [1.807, 2.05) is 0 Å². The quantitative estimate of drug-likeness (QED) is 0.403. The first-order chi connectivity index (χ1) is 15.3. The number of nitrogens with zero attached hydrogens (tertiary/aromatic N) is 4. The van der Waals surface area contributed by atoms with Gasteiger partial charge in [0.05, 0.1) is 18.2 Å². The van der Waals surface area contributed by atoms with Gasteiger partial charge in [0.25, 0.3) is 5.95 Å². The first-order valence-electron chi connectivity index (χ1n) is 9.96. The van der Waals surface area contributed by atoms with Gasteiger partial charge in [0.15, 0.2) is 10.8 Å². The third-order valence-electron chi connectivity index (χ3n) is 5.59. The Hall–Kier alpha value is -2.99. The maximum atomic E-state index is 14.5. The minimum atomic E-state index is -0.991. The number of β-amino-alcohol motifs (C(OH)–C–C–N with tert-alkyl or cyclic N) is 1. The molecule has 2 aromatic heterocycles. The van der Waals surface area contributed by atoms with Gasteiger partial charge >= 0.3 is 0 Å². The van der Waals surface area contributed by atoms with E-state index >= 15 is 0 Å². The van der Waals surface area contributed by atoms with Crippen molar-refractivity contribution in [3.05, 3.63) is 53.6 Å². The number of aliphatic hydroxyl groups excluding tert-OH is 1. The molecule has 0 bridgehead atoms. The molecule has 3 aromatic rings. The van der Waals surface area contributed by atoms with Gasteiger partial charge in [-0.05, 0) is 42.9 Å². The number of aromatic nitrogens is 3. The molecule has 2 fully saturated rings. The van der Waals surface area contributed by atoms with E-state index in [1.54, 1.807) is 11.0 Å². The summed E-state index contributed by atoms with van der Waals surface area (Å²) in [5, 5.41) is 19.4. The zero-order valence-electron chi connectivity index (χ0n) is 16.5. The molecule has 2 aliphatic rings. The third-order valence-corrected chi connectivity index (χ3v) is 5.81. The van der Waals surface area contributed by atoms with E-state index in [1.165, 1.54) is 10.7 Å². The van der Waals surface area contributed by atoms with Crippen LogP contribution in [0, 0.1) is 17.6 Å². The molecular weight excluding hydrogens is 448 g/mol. The van der Waals surface area contributed by atoms with E-state index in [4.69, 9.17) is 12.2 Å². The highest BCUT2D eigenvalue weighted by Gasteiger charge is 2.38. The van der Waals surface area contributed by atoms with Crippen molar-refractivity contribution >= 4 is 34.5 Å². The largest absolute Gasteiger partial charge is 0.391 e. The molecule has 168 valence electrons. The minimum absolute atomic E-state index is 0.0347. The highest BCUT2D eigenvalue weighted by molar-refractivity contribution is 7.80. The van der Waals surface area contributed by atoms with Crippen LogP contribution >= 0.6 is 12.2 Å². The second-order valence-electron chi connectivity index (χ2n) is 7.90. The average molecular weight is 466 g/mol. The van der Waals surface area contributed by atoms with Crippen molar-refractivity contribution < 1.29 is 22.7 Å². The first-order valence-corrected chi connectivity index (χ1v) is 10.4. The second-order valence-corrected chi connectivity index (χ2v) is 8.31. The lowest BCUT2D eigenvalue weighted by molar-refractivity contribution is 0.194. The fraction of sp³-hybridized carbons (Fsp3) is 0.350. The summed E-state index contributed by atoms with van der Waals surface area (Å²) in [6.45, 7) is 0.128. The smallest absolute Gasteiger partial charge is 0.258 e. The molecule has 7 nitrogen and oxygen atoms in total. The summed E-state index contributed by atoms with van der Waals surface area (Å²) in [5.41, 5.74) is 0.0853. The topological polar surface area (TPSA) is 77.7 Å². The van der Waals surface area contributed by atoms with Crippen molar-refractivity contribution in [2.24, 2.45) is 0 Å². The zero-order chi connectivity index (χ0) is 22.6. The molecule has 32 heavy (non-hydrogen) atoms. The van der Waals surface area contributed by atoms with E-state index in [0.29, 0.717) is 12.2 Å². The summed E-state index contributed by atoms with van der Waals surface area (Å²) in [6, 6.07) is 3.62. The first kappa shape index (κ1) is 20.9. The number of hydrogen-bond acceptors (Lipinski definition) is 5. The lowest BCUT2D eigenvalue weighted by Gasteiger charge is -2.26. The molecule has 0 unspecified atom stereocenters. The summed E-state index contributed by atoms with van der Waals surface area (Å²) in [4.78, 5) is 6.07. The van der Waals surface area contributed by atoms with E-state index in [2.05, 4.69) is 20.7 Å². The van der Waals surface area contributed by atoms with Crippen LogP contribution in [0.1, 0.15) is 24.4 Å². The standard InChI is InChI=1S/C20H18F4N6OS/c21-9-1-2-12(22)11(5-9)15-6-10(31)8-29(15)16-3-4-30-19(26-16)17(18(24)28-30)27-20(32)25-14-7-13(14)23/h1-5,10,13-15,31H,6-8H2,(H2,25,27,32)/t10-,13+,14-,15+/m0/s1. The van der Waals surface area contributed by atoms with Crippen LogP contribution in [0.5, 0.6) is 0 Å². The summed E-state index contributed by atoms with van der Waals surface area (Å²) in [5.74, 6) is -1.74. The molecular formula is C20H18F4N6OS. The molecule has 4 atom stereocenters. The van der Waals surface area contributed by atoms with E-state index in [-0.39, 0.29) is 35.0 Å². The van der Waals surface area contributed by atoms with Crippen LogP contribution in [-0.2, 0) is 0 Å². The predicted octanol–water partition coefficient (Wildman–Crippen LogP) is 2.86. The molecule has 12 heteroatoms. The number of anilines is 2. The summed E-state index contributed by atoms with van der Waals surface area (Å²) in [6.07, 6.45) is 0.187. The summed E-state index contributed by atoms with van der Waals surface area (Å²) >= 11 is 5.12. The fourth-order valence-electron chi connectivity index (χ4n) is 3.92. The number of alkyl halides is 1. The van der Waals surface area contributed by atoms with Crippen molar-refractivity contribution in [2.75, 3.05) is 16.8 Å². The maximum Gasteiger partial charge on any atom is 0.258 e. The van der Waals surface area contributed by atoms with Crippen LogP contribution in [-0.4, -0.2) is 49.7 Å². The van der Waals surface area contributed by atoms with Crippen LogP contribution in [0.15, 0.2) is 30.5 Å². The van der Waals surface area contributed by atoms with Crippen molar-refractivity contribution in [2.45, 2.75) is 37.2 Å². The van der Waals surface area contributed by atoms with Gasteiger partial charge < -0.3 is 20.6 Å². The number of benzene rings is 1. The number of nitrogens with one attached hydrogen (secondary N) is 2. The molecule has 1 saturated heterocycles. The number of fused-ring (bicyclic) bond motifs is 1. The number of aliphatic hydroxyl groups is 1. The Morgan fingerprint density at radius 2 is 1.97 bits per heavy atom. The highest BCUT2D eigenvalue weighted by atomic mass is 32.1. The lowest BCUT2D eigenvalue weighted by atomic mass is 10.0. The monoisotopic (exact) mass is 466 g/mol. The van der Waals surface area contributed by atoms with Gasteiger partial charge in [-0.15, -0.1) is 5.10 Å². The minimum Gasteiger partial charge on any atom is -0.391 e. The molecule has 3 N–H and O–H groups in total. The molecule has 3 heterocycles. The van der Waals surface area contributed by atoms with Gasteiger partial charge in [0.2, 0.25) is 0 Å². The van der Waals surface area contributed by atoms with E-state index in [9.17, 15) is 22.7 Å².